The Hall–Kier alpha value is -3.04. The molecule has 0 unspecified atom stereocenters. The first kappa shape index (κ1) is 26.0. The normalized spacial score (nSPS) is 14.3. The first-order chi connectivity index (χ1) is 17.3. The van der Waals surface area contributed by atoms with Crippen LogP contribution < -0.4 is 19.7 Å². The Labute approximate surface area is 228 Å². The molecule has 0 saturated carbocycles. The second-order valence-electron chi connectivity index (χ2n) is 7.71. The Morgan fingerprint density at radius 2 is 1.89 bits per heavy atom. The number of nitrogens with one attached hydrogen (secondary N) is 1. The van der Waals surface area contributed by atoms with Crippen molar-refractivity contribution in [1.82, 2.24) is 0 Å². The van der Waals surface area contributed by atoms with Crippen LogP contribution in [0.15, 0.2) is 65.6 Å². The summed E-state index contributed by atoms with van der Waals surface area (Å²) in [5.41, 5.74) is 2.84. The maximum absolute atomic E-state index is 13.1. The van der Waals surface area contributed by atoms with Gasteiger partial charge >= 0.3 is 0 Å². The van der Waals surface area contributed by atoms with Crippen molar-refractivity contribution in [2.24, 2.45) is 0 Å². The van der Waals surface area contributed by atoms with E-state index in [1.807, 2.05) is 31.2 Å². The van der Waals surface area contributed by atoms with Gasteiger partial charge in [-0.15, -0.1) is 0 Å². The number of ether oxygens (including phenoxy) is 2. The van der Waals surface area contributed by atoms with Crippen LogP contribution in [0.25, 0.3) is 6.08 Å². The van der Waals surface area contributed by atoms with Crippen LogP contribution in [0.5, 0.6) is 11.5 Å². The minimum atomic E-state index is -0.412. The number of halogens is 2. The Kier molecular flexibility index (Phi) is 8.21. The molecule has 1 aliphatic rings. The minimum Gasteiger partial charge on any atom is -0.493 e. The van der Waals surface area contributed by atoms with E-state index in [1.165, 1.54) is 23.8 Å². The van der Waals surface area contributed by atoms with Crippen molar-refractivity contribution in [3.05, 3.63) is 86.7 Å². The van der Waals surface area contributed by atoms with Crippen molar-refractivity contribution in [3.63, 3.8) is 0 Å². The molecule has 0 bridgehead atoms. The second kappa shape index (κ2) is 11.3. The molecular weight excluding hydrogens is 539 g/mol. The fourth-order valence-corrected chi connectivity index (χ4v) is 5.21. The van der Waals surface area contributed by atoms with Gasteiger partial charge in [0.2, 0.25) is 0 Å². The summed E-state index contributed by atoms with van der Waals surface area (Å²) in [5, 5.41) is 3.32. The number of methoxy groups -OCH3 is 1. The molecule has 1 fully saturated rings. The van der Waals surface area contributed by atoms with Crippen LogP contribution in [-0.2, 0) is 9.59 Å². The molecule has 4 rings (SSSR count). The van der Waals surface area contributed by atoms with E-state index < -0.39 is 5.91 Å². The second-order valence-corrected chi connectivity index (χ2v) is 10.2. The Balaban J connectivity index is 1.51. The summed E-state index contributed by atoms with van der Waals surface area (Å²) >= 11 is 19.2. The van der Waals surface area contributed by atoms with Gasteiger partial charge in [-0.1, -0.05) is 71.4 Å². The predicted octanol–water partition coefficient (Wildman–Crippen LogP) is 6.73. The van der Waals surface area contributed by atoms with E-state index >= 15 is 0 Å². The van der Waals surface area contributed by atoms with Crippen molar-refractivity contribution < 1.29 is 19.1 Å². The van der Waals surface area contributed by atoms with Gasteiger partial charge in [-0.05, 0) is 60.5 Å². The van der Waals surface area contributed by atoms with Crippen LogP contribution in [-0.4, -0.2) is 29.9 Å². The smallest absolute Gasteiger partial charge is 0.270 e. The van der Waals surface area contributed by atoms with Crippen molar-refractivity contribution >= 4 is 80.8 Å². The monoisotopic (exact) mass is 558 g/mol. The highest BCUT2D eigenvalue weighted by Gasteiger charge is 2.33. The Morgan fingerprint density at radius 3 is 2.61 bits per heavy atom. The number of amides is 2. The van der Waals surface area contributed by atoms with E-state index in [0.717, 1.165) is 11.3 Å². The van der Waals surface area contributed by atoms with Crippen LogP contribution in [0.4, 0.5) is 11.4 Å². The summed E-state index contributed by atoms with van der Waals surface area (Å²) in [6.07, 6.45) is 1.69. The zero-order valence-electron chi connectivity index (χ0n) is 19.2. The number of benzene rings is 3. The molecule has 0 aliphatic carbocycles. The van der Waals surface area contributed by atoms with Crippen LogP contribution in [0.3, 0.4) is 0 Å². The lowest BCUT2D eigenvalue weighted by Crippen LogP contribution is -2.27. The van der Waals surface area contributed by atoms with Gasteiger partial charge in [-0.25, -0.2) is 0 Å². The number of carbonyl (C=O) groups is 2. The molecule has 0 aromatic heterocycles. The number of thiocarbonyl (C=S) groups is 1. The SMILES string of the molecule is COc1cc(/C=C2\SC(=S)N(c3cccc(C)c3)C2=O)cc(Cl)c1OCC(=O)Nc1ccccc1Cl. The van der Waals surface area contributed by atoms with Crippen molar-refractivity contribution in [2.45, 2.75) is 6.92 Å². The van der Waals surface area contributed by atoms with E-state index in [4.69, 9.17) is 44.9 Å². The predicted molar refractivity (Wildman–Crippen MR) is 150 cm³/mol. The number of rotatable bonds is 7. The van der Waals surface area contributed by atoms with E-state index in [2.05, 4.69) is 5.32 Å². The van der Waals surface area contributed by atoms with Crippen LogP contribution in [0.2, 0.25) is 10.0 Å². The molecule has 0 atom stereocenters. The molecule has 1 aliphatic heterocycles. The number of anilines is 2. The summed E-state index contributed by atoms with van der Waals surface area (Å²) < 4.78 is 11.5. The highest BCUT2D eigenvalue weighted by Crippen LogP contribution is 2.40. The number of hydrogen-bond donors (Lipinski definition) is 1. The molecule has 1 saturated heterocycles. The first-order valence-electron chi connectivity index (χ1n) is 10.7. The first-order valence-corrected chi connectivity index (χ1v) is 12.6. The number of para-hydroxylation sites is 1. The minimum absolute atomic E-state index is 0.206. The zero-order chi connectivity index (χ0) is 25.8. The molecule has 36 heavy (non-hydrogen) atoms. The highest BCUT2D eigenvalue weighted by atomic mass is 35.5. The van der Waals surface area contributed by atoms with Gasteiger partial charge in [0, 0.05) is 0 Å². The van der Waals surface area contributed by atoms with Gasteiger partial charge in [0.25, 0.3) is 11.8 Å². The number of thioether (sulfide) groups is 1. The standard InChI is InChI=1S/C26H20Cl2N2O4S2/c1-15-6-5-7-17(10-15)30-25(32)22(36-26(30)35)13-16-11-19(28)24(21(12-16)33-2)34-14-23(31)29-20-9-4-3-8-18(20)27/h3-13H,14H2,1-2H3,(H,29,31)/b22-13-. The number of hydrogen-bond acceptors (Lipinski definition) is 6. The van der Waals surface area contributed by atoms with Gasteiger partial charge in [0.05, 0.1) is 33.4 Å². The van der Waals surface area contributed by atoms with E-state index in [-0.39, 0.29) is 23.3 Å². The lowest BCUT2D eigenvalue weighted by Gasteiger charge is -2.15. The quantitative estimate of drug-likeness (QED) is 0.256. The molecule has 6 nitrogen and oxygen atoms in total. The summed E-state index contributed by atoms with van der Waals surface area (Å²) in [6, 6.07) is 17.8. The Bertz CT molecular complexity index is 1390. The molecule has 2 amide bonds. The van der Waals surface area contributed by atoms with E-state index in [9.17, 15) is 9.59 Å². The molecule has 0 spiro atoms. The molecule has 3 aromatic carbocycles. The van der Waals surface area contributed by atoms with E-state index in [0.29, 0.717) is 31.2 Å². The molecule has 0 radical (unpaired) electrons. The molecule has 1 N–H and O–H groups in total. The van der Waals surface area contributed by atoms with Crippen LogP contribution >= 0.6 is 47.2 Å². The molecule has 1 heterocycles. The number of nitrogens with zero attached hydrogens (tertiary/aromatic N) is 1. The highest BCUT2D eigenvalue weighted by molar-refractivity contribution is 8.27. The third kappa shape index (κ3) is 5.84. The van der Waals surface area contributed by atoms with Crippen molar-refractivity contribution in [2.75, 3.05) is 23.9 Å². The van der Waals surface area contributed by atoms with Gasteiger partial charge in [0.15, 0.2) is 22.4 Å². The van der Waals surface area contributed by atoms with Crippen molar-refractivity contribution in [3.8, 4) is 11.5 Å². The van der Waals surface area contributed by atoms with Gasteiger partial charge < -0.3 is 14.8 Å². The third-order valence-electron chi connectivity index (χ3n) is 5.10. The van der Waals surface area contributed by atoms with Gasteiger partial charge in [-0.2, -0.15) is 0 Å². The molecule has 3 aromatic rings. The fraction of sp³-hybridized carbons (Fsp3) is 0.115. The van der Waals surface area contributed by atoms with E-state index in [1.54, 1.807) is 42.5 Å². The van der Waals surface area contributed by atoms with Gasteiger partial charge in [-0.3, -0.25) is 14.5 Å². The molecule has 10 heteroatoms. The van der Waals surface area contributed by atoms with Crippen molar-refractivity contribution in [1.29, 1.82) is 0 Å². The lowest BCUT2D eigenvalue weighted by molar-refractivity contribution is -0.118. The number of carbonyl (C=O) groups excluding carboxylic acids is 2. The van der Waals surface area contributed by atoms with Crippen LogP contribution in [0, 0.1) is 6.92 Å². The number of aryl methyl sites for hydroxylation is 1. The summed E-state index contributed by atoms with van der Waals surface area (Å²) in [5.74, 6) is -0.112. The molecule has 184 valence electrons. The maximum Gasteiger partial charge on any atom is 0.270 e. The maximum atomic E-state index is 13.1. The molecular formula is C26H20Cl2N2O4S2. The Morgan fingerprint density at radius 1 is 1.11 bits per heavy atom. The van der Waals surface area contributed by atoms with Crippen LogP contribution in [0.1, 0.15) is 11.1 Å². The third-order valence-corrected chi connectivity index (χ3v) is 7.01. The topological polar surface area (TPSA) is 67.9 Å². The summed E-state index contributed by atoms with van der Waals surface area (Å²) in [4.78, 5) is 27.4. The average Bonchev–Trinajstić information content (AvgIpc) is 3.12. The van der Waals surface area contributed by atoms with Gasteiger partial charge in [0.1, 0.15) is 0 Å². The largest absolute Gasteiger partial charge is 0.493 e. The lowest BCUT2D eigenvalue weighted by atomic mass is 10.1. The summed E-state index contributed by atoms with van der Waals surface area (Å²) in [6.45, 7) is 1.64. The zero-order valence-corrected chi connectivity index (χ0v) is 22.4. The fourth-order valence-electron chi connectivity index (χ4n) is 3.46. The summed E-state index contributed by atoms with van der Waals surface area (Å²) in [7, 11) is 1.46. The average molecular weight is 559 g/mol.